The molecule has 6 nitrogen and oxygen atoms in total. The summed E-state index contributed by atoms with van der Waals surface area (Å²) in [5, 5.41) is 5.32. The number of esters is 1. The van der Waals surface area contributed by atoms with E-state index in [1.165, 1.54) is 0 Å². The van der Waals surface area contributed by atoms with Crippen molar-refractivity contribution in [2.24, 2.45) is 5.92 Å². The van der Waals surface area contributed by atoms with Crippen molar-refractivity contribution in [1.82, 2.24) is 5.32 Å². The van der Waals surface area contributed by atoms with Gasteiger partial charge in [-0.2, -0.15) is 0 Å². The highest BCUT2D eigenvalue weighted by atomic mass is 16.5. The van der Waals surface area contributed by atoms with E-state index in [4.69, 9.17) is 4.74 Å². The van der Waals surface area contributed by atoms with Crippen LogP contribution in [0.25, 0.3) is 0 Å². The van der Waals surface area contributed by atoms with Crippen molar-refractivity contribution in [1.29, 1.82) is 0 Å². The number of ether oxygens (including phenoxy) is 1. The van der Waals surface area contributed by atoms with Gasteiger partial charge in [-0.15, -0.1) is 0 Å². The molecule has 1 fully saturated rings. The summed E-state index contributed by atoms with van der Waals surface area (Å²) in [6.07, 6.45) is 1.83. The van der Waals surface area contributed by atoms with Crippen LogP contribution >= 0.6 is 0 Å². The highest BCUT2D eigenvalue weighted by molar-refractivity contribution is 5.99. The molecule has 134 valence electrons. The van der Waals surface area contributed by atoms with Crippen molar-refractivity contribution in [3.63, 3.8) is 0 Å². The standard InChI is InChI=1S/C20H20N2O4/c23-18(26-13-14-5-2-1-3-6-14)12-21-19(24)16-7-4-8-17(11-16)22-20(25)15-9-10-15/h1-8,11,15H,9-10,12-13H2,(H,21,24)(H,22,25). The topological polar surface area (TPSA) is 84.5 Å². The lowest BCUT2D eigenvalue weighted by Crippen LogP contribution is -2.30. The molecular weight excluding hydrogens is 332 g/mol. The number of benzene rings is 2. The van der Waals surface area contributed by atoms with Crippen molar-refractivity contribution < 1.29 is 19.1 Å². The minimum Gasteiger partial charge on any atom is -0.460 e. The van der Waals surface area contributed by atoms with Crippen LogP contribution in [0.3, 0.4) is 0 Å². The molecule has 0 unspecified atom stereocenters. The van der Waals surface area contributed by atoms with Crippen LogP contribution in [0.1, 0.15) is 28.8 Å². The molecule has 0 atom stereocenters. The zero-order valence-corrected chi connectivity index (χ0v) is 14.2. The highest BCUT2D eigenvalue weighted by Gasteiger charge is 2.29. The average molecular weight is 352 g/mol. The lowest BCUT2D eigenvalue weighted by Gasteiger charge is -2.08. The molecule has 1 aliphatic carbocycles. The second kappa shape index (κ2) is 8.29. The molecule has 6 heteroatoms. The average Bonchev–Trinajstić information content (AvgIpc) is 3.51. The fourth-order valence-corrected chi connectivity index (χ4v) is 2.37. The van der Waals surface area contributed by atoms with Gasteiger partial charge in [0.25, 0.3) is 5.91 Å². The molecule has 0 saturated heterocycles. The normalized spacial score (nSPS) is 12.9. The van der Waals surface area contributed by atoms with Gasteiger partial charge in [0.2, 0.25) is 5.91 Å². The fourth-order valence-electron chi connectivity index (χ4n) is 2.37. The highest BCUT2D eigenvalue weighted by Crippen LogP contribution is 2.30. The van der Waals surface area contributed by atoms with E-state index in [1.807, 2.05) is 30.3 Å². The molecule has 2 aromatic carbocycles. The molecule has 0 bridgehead atoms. The lowest BCUT2D eigenvalue weighted by molar-refractivity contribution is -0.143. The Kier molecular flexibility index (Phi) is 5.63. The van der Waals surface area contributed by atoms with Crippen molar-refractivity contribution in [3.05, 3.63) is 65.7 Å². The van der Waals surface area contributed by atoms with Crippen LogP contribution in [0, 0.1) is 5.92 Å². The molecular formula is C20H20N2O4. The van der Waals surface area contributed by atoms with Crippen LogP contribution in [0.2, 0.25) is 0 Å². The van der Waals surface area contributed by atoms with Gasteiger partial charge in [-0.05, 0) is 36.6 Å². The van der Waals surface area contributed by atoms with Gasteiger partial charge in [-0.1, -0.05) is 36.4 Å². The largest absolute Gasteiger partial charge is 0.460 e. The van der Waals surface area contributed by atoms with Crippen LogP contribution in [0.5, 0.6) is 0 Å². The van der Waals surface area contributed by atoms with Gasteiger partial charge in [0.15, 0.2) is 0 Å². The quantitative estimate of drug-likeness (QED) is 0.750. The van der Waals surface area contributed by atoms with E-state index in [2.05, 4.69) is 10.6 Å². The first-order valence-electron chi connectivity index (χ1n) is 8.50. The summed E-state index contributed by atoms with van der Waals surface area (Å²) < 4.78 is 5.11. The first-order valence-corrected chi connectivity index (χ1v) is 8.50. The van der Waals surface area contributed by atoms with E-state index in [9.17, 15) is 14.4 Å². The number of carbonyl (C=O) groups excluding carboxylic acids is 3. The molecule has 0 radical (unpaired) electrons. The minimum atomic E-state index is -0.514. The summed E-state index contributed by atoms with van der Waals surface area (Å²) in [6, 6.07) is 15.9. The van der Waals surface area contributed by atoms with Gasteiger partial charge < -0.3 is 15.4 Å². The Hall–Kier alpha value is -3.15. The van der Waals surface area contributed by atoms with E-state index in [0.29, 0.717) is 11.3 Å². The Morgan fingerprint density at radius 1 is 1.00 bits per heavy atom. The van der Waals surface area contributed by atoms with Crippen LogP contribution in [0.4, 0.5) is 5.69 Å². The Bertz CT molecular complexity index is 800. The van der Waals surface area contributed by atoms with Crippen molar-refractivity contribution in [2.45, 2.75) is 19.4 Å². The second-order valence-electron chi connectivity index (χ2n) is 6.17. The minimum absolute atomic E-state index is 0.0213. The van der Waals surface area contributed by atoms with Crippen LogP contribution in [-0.4, -0.2) is 24.3 Å². The third kappa shape index (κ3) is 5.17. The zero-order chi connectivity index (χ0) is 18.4. The third-order valence-corrected chi connectivity index (χ3v) is 3.98. The molecule has 2 amide bonds. The maximum Gasteiger partial charge on any atom is 0.325 e. The Morgan fingerprint density at radius 2 is 1.77 bits per heavy atom. The van der Waals surface area contributed by atoms with Gasteiger partial charge in [0, 0.05) is 17.2 Å². The van der Waals surface area contributed by atoms with Crippen molar-refractivity contribution in [2.75, 3.05) is 11.9 Å². The second-order valence-corrected chi connectivity index (χ2v) is 6.17. The number of hydrogen-bond acceptors (Lipinski definition) is 4. The molecule has 26 heavy (non-hydrogen) atoms. The summed E-state index contributed by atoms with van der Waals surface area (Å²) in [6.45, 7) is -0.0530. The zero-order valence-electron chi connectivity index (χ0n) is 14.2. The van der Waals surface area contributed by atoms with E-state index in [0.717, 1.165) is 18.4 Å². The maximum absolute atomic E-state index is 12.2. The predicted molar refractivity (Wildman–Crippen MR) is 96.4 cm³/mol. The SMILES string of the molecule is O=C(CNC(=O)c1cccc(NC(=O)C2CC2)c1)OCc1ccccc1. The van der Waals surface area contributed by atoms with E-state index in [-0.39, 0.29) is 25.0 Å². The molecule has 2 aromatic rings. The molecule has 0 heterocycles. The number of amides is 2. The van der Waals surface area contributed by atoms with Gasteiger partial charge in [-0.3, -0.25) is 14.4 Å². The van der Waals surface area contributed by atoms with Crippen LogP contribution < -0.4 is 10.6 Å². The molecule has 2 N–H and O–H groups in total. The molecule has 0 spiro atoms. The Labute approximate surface area is 151 Å². The smallest absolute Gasteiger partial charge is 0.325 e. The number of nitrogens with one attached hydrogen (secondary N) is 2. The van der Waals surface area contributed by atoms with E-state index < -0.39 is 11.9 Å². The molecule has 0 aromatic heterocycles. The molecule has 1 aliphatic rings. The van der Waals surface area contributed by atoms with Crippen molar-refractivity contribution in [3.8, 4) is 0 Å². The summed E-state index contributed by atoms with van der Waals surface area (Å²) in [4.78, 5) is 35.7. The van der Waals surface area contributed by atoms with Gasteiger partial charge in [-0.25, -0.2) is 0 Å². The van der Waals surface area contributed by atoms with E-state index in [1.54, 1.807) is 24.3 Å². The molecule has 0 aliphatic heterocycles. The molecule has 3 rings (SSSR count). The first kappa shape index (κ1) is 17.7. The van der Waals surface area contributed by atoms with Gasteiger partial charge in [0.05, 0.1) is 0 Å². The number of rotatable bonds is 7. The lowest BCUT2D eigenvalue weighted by atomic mass is 10.2. The Morgan fingerprint density at radius 3 is 2.50 bits per heavy atom. The van der Waals surface area contributed by atoms with Gasteiger partial charge in [0.1, 0.15) is 13.2 Å². The summed E-state index contributed by atoms with van der Waals surface area (Å²) >= 11 is 0. The summed E-state index contributed by atoms with van der Waals surface area (Å²) in [5.74, 6) is -0.844. The number of hydrogen-bond donors (Lipinski definition) is 2. The van der Waals surface area contributed by atoms with Crippen LogP contribution in [0.15, 0.2) is 54.6 Å². The van der Waals surface area contributed by atoms with Crippen molar-refractivity contribution >= 4 is 23.5 Å². The number of carbonyl (C=O) groups is 3. The van der Waals surface area contributed by atoms with Crippen LogP contribution in [-0.2, 0) is 20.9 Å². The number of anilines is 1. The Balaban J connectivity index is 1.46. The summed E-state index contributed by atoms with van der Waals surface area (Å²) in [7, 11) is 0. The predicted octanol–water partition coefficient (Wildman–Crippen LogP) is 2.51. The van der Waals surface area contributed by atoms with E-state index >= 15 is 0 Å². The fraction of sp³-hybridized carbons (Fsp3) is 0.250. The summed E-state index contributed by atoms with van der Waals surface area (Å²) in [5.41, 5.74) is 1.82. The monoisotopic (exact) mass is 352 g/mol. The van der Waals surface area contributed by atoms with Gasteiger partial charge >= 0.3 is 5.97 Å². The third-order valence-electron chi connectivity index (χ3n) is 3.98. The first-order chi connectivity index (χ1) is 12.6. The maximum atomic E-state index is 12.2. The molecule has 1 saturated carbocycles.